The Balaban J connectivity index is 1.57. The van der Waals surface area contributed by atoms with Gasteiger partial charge in [0.25, 0.3) is 0 Å². The van der Waals surface area contributed by atoms with Gasteiger partial charge in [-0.15, -0.1) is 0 Å². The number of ether oxygens (including phenoxy) is 1. The van der Waals surface area contributed by atoms with Gasteiger partial charge in [0.1, 0.15) is 18.4 Å². The average molecular weight is 565 g/mol. The highest BCUT2D eigenvalue weighted by Crippen LogP contribution is 2.32. The van der Waals surface area contributed by atoms with Gasteiger partial charge in [0.15, 0.2) is 0 Å². The van der Waals surface area contributed by atoms with Gasteiger partial charge in [0, 0.05) is 18.1 Å². The maximum absolute atomic E-state index is 12.7. The van der Waals surface area contributed by atoms with E-state index in [0.29, 0.717) is 18.8 Å². The summed E-state index contributed by atoms with van der Waals surface area (Å²) in [5.41, 5.74) is 0.101. The summed E-state index contributed by atoms with van der Waals surface area (Å²) in [7, 11) is -7.35. The van der Waals surface area contributed by atoms with Crippen molar-refractivity contribution >= 4 is 54.8 Å². The first kappa shape index (κ1) is 27.5. The fraction of sp³-hybridized carbons (Fsp3) is 0.409. The largest absolute Gasteiger partial charge is 0.492 e. The quantitative estimate of drug-likeness (QED) is 0.444. The van der Waals surface area contributed by atoms with E-state index in [1.807, 2.05) is 0 Å². The van der Waals surface area contributed by atoms with Gasteiger partial charge in [-0.1, -0.05) is 23.2 Å². The molecule has 1 aliphatic rings. The highest BCUT2D eigenvalue weighted by atomic mass is 35.5. The van der Waals surface area contributed by atoms with E-state index in [2.05, 4.69) is 5.32 Å². The van der Waals surface area contributed by atoms with Crippen molar-refractivity contribution in [2.45, 2.75) is 30.7 Å². The first-order chi connectivity index (χ1) is 16.4. The molecular formula is C22H27Cl2N3O6S2. The Hall–Kier alpha value is -2.05. The van der Waals surface area contributed by atoms with Gasteiger partial charge in [0.05, 0.1) is 28.4 Å². The molecule has 0 aromatic heterocycles. The third-order valence-electron chi connectivity index (χ3n) is 5.43. The van der Waals surface area contributed by atoms with Crippen molar-refractivity contribution in [3.05, 3.63) is 52.5 Å². The number of carbonyl (C=O) groups excluding carboxylic acids is 1. The summed E-state index contributed by atoms with van der Waals surface area (Å²) in [5.74, 6) is -0.113. The zero-order valence-corrected chi connectivity index (χ0v) is 22.4. The van der Waals surface area contributed by atoms with Gasteiger partial charge in [-0.3, -0.25) is 9.10 Å². The van der Waals surface area contributed by atoms with Gasteiger partial charge >= 0.3 is 0 Å². The number of nitrogens with zero attached hydrogens (tertiary/aromatic N) is 2. The van der Waals surface area contributed by atoms with Crippen molar-refractivity contribution in [2.75, 3.05) is 36.8 Å². The molecule has 9 nitrogen and oxygen atoms in total. The molecule has 1 heterocycles. The third-order valence-corrected chi connectivity index (χ3v) is 9.13. The van der Waals surface area contributed by atoms with E-state index in [4.69, 9.17) is 27.9 Å². The molecule has 0 saturated carbocycles. The van der Waals surface area contributed by atoms with Crippen molar-refractivity contribution in [1.82, 2.24) is 9.62 Å². The molecule has 2 aromatic carbocycles. The highest BCUT2D eigenvalue weighted by Gasteiger charge is 2.31. The summed E-state index contributed by atoms with van der Waals surface area (Å²) in [6.07, 6.45) is 2.70. The zero-order valence-electron chi connectivity index (χ0n) is 19.3. The van der Waals surface area contributed by atoms with Crippen LogP contribution in [0.15, 0.2) is 47.4 Å². The number of anilines is 1. The van der Waals surface area contributed by atoms with E-state index >= 15 is 0 Å². The molecule has 0 unspecified atom stereocenters. The first-order valence-corrected chi connectivity index (χ1v) is 14.9. The Bertz CT molecular complexity index is 1260. The van der Waals surface area contributed by atoms with Gasteiger partial charge in [-0.2, -0.15) is 4.31 Å². The Labute approximate surface area is 216 Å². The SMILES string of the molecule is C[C@@H](C(=O)NCCOc1ccc(S(=O)(=O)N2CCCC2)cc1)N(c1cc(Cl)ccc1Cl)S(C)(=O)=O. The number of sulfonamides is 2. The predicted molar refractivity (Wildman–Crippen MR) is 136 cm³/mol. The van der Waals surface area contributed by atoms with Crippen LogP contribution in [0.3, 0.4) is 0 Å². The summed E-state index contributed by atoms with van der Waals surface area (Å²) >= 11 is 12.2. The van der Waals surface area contributed by atoms with E-state index in [9.17, 15) is 21.6 Å². The van der Waals surface area contributed by atoms with Gasteiger partial charge < -0.3 is 10.1 Å². The minimum atomic E-state index is -3.85. The molecule has 13 heteroatoms. The van der Waals surface area contributed by atoms with Crippen LogP contribution < -0.4 is 14.4 Å². The fourth-order valence-electron chi connectivity index (χ4n) is 3.71. The molecule has 0 bridgehead atoms. The Morgan fingerprint density at radius 2 is 1.71 bits per heavy atom. The number of amides is 1. The van der Waals surface area contributed by atoms with Crippen molar-refractivity contribution in [1.29, 1.82) is 0 Å². The molecule has 1 fully saturated rings. The molecule has 0 radical (unpaired) electrons. The van der Waals surface area contributed by atoms with Crippen LogP contribution in [-0.2, 0) is 24.8 Å². The number of hydrogen-bond donors (Lipinski definition) is 1. The van der Waals surface area contributed by atoms with Crippen LogP contribution in [0.4, 0.5) is 5.69 Å². The van der Waals surface area contributed by atoms with Crippen molar-refractivity contribution < 1.29 is 26.4 Å². The Kier molecular flexibility index (Phi) is 8.92. The number of nitrogens with one attached hydrogen (secondary N) is 1. The molecule has 1 saturated heterocycles. The lowest BCUT2D eigenvalue weighted by Crippen LogP contribution is -2.48. The topological polar surface area (TPSA) is 113 Å². The zero-order chi connectivity index (χ0) is 25.8. The minimum absolute atomic E-state index is 0.0908. The second-order valence-electron chi connectivity index (χ2n) is 8.05. The van der Waals surface area contributed by atoms with E-state index in [0.717, 1.165) is 23.4 Å². The van der Waals surface area contributed by atoms with E-state index in [-0.39, 0.29) is 33.8 Å². The van der Waals surface area contributed by atoms with Gasteiger partial charge in [-0.05, 0) is 62.2 Å². The second-order valence-corrected chi connectivity index (χ2v) is 12.7. The highest BCUT2D eigenvalue weighted by molar-refractivity contribution is 7.92. The maximum Gasteiger partial charge on any atom is 0.243 e. The lowest BCUT2D eigenvalue weighted by Gasteiger charge is -2.29. The van der Waals surface area contributed by atoms with Crippen molar-refractivity contribution in [3.8, 4) is 5.75 Å². The monoisotopic (exact) mass is 563 g/mol. The summed E-state index contributed by atoms with van der Waals surface area (Å²) in [6.45, 7) is 2.68. The summed E-state index contributed by atoms with van der Waals surface area (Å²) in [6, 6.07) is 9.34. The molecule has 192 valence electrons. The van der Waals surface area contributed by atoms with Crippen LogP contribution in [-0.4, -0.2) is 65.6 Å². The van der Waals surface area contributed by atoms with E-state index < -0.39 is 32.0 Å². The lowest BCUT2D eigenvalue weighted by atomic mass is 10.2. The molecule has 0 spiro atoms. The van der Waals surface area contributed by atoms with Crippen LogP contribution in [0.2, 0.25) is 10.0 Å². The molecule has 1 amide bonds. The summed E-state index contributed by atoms with van der Waals surface area (Å²) in [5, 5.41) is 3.05. The summed E-state index contributed by atoms with van der Waals surface area (Å²) < 4.78 is 58.0. The smallest absolute Gasteiger partial charge is 0.243 e. The fourth-order valence-corrected chi connectivity index (χ4v) is 6.83. The number of halogens is 2. The molecule has 2 aromatic rings. The number of hydrogen-bond acceptors (Lipinski definition) is 6. The van der Waals surface area contributed by atoms with Crippen LogP contribution in [0.5, 0.6) is 5.75 Å². The molecule has 0 aliphatic carbocycles. The van der Waals surface area contributed by atoms with Crippen LogP contribution in [0.25, 0.3) is 0 Å². The van der Waals surface area contributed by atoms with Crippen molar-refractivity contribution in [2.24, 2.45) is 0 Å². The van der Waals surface area contributed by atoms with Gasteiger partial charge in [0.2, 0.25) is 26.0 Å². The normalized spacial score (nSPS) is 15.5. The lowest BCUT2D eigenvalue weighted by molar-refractivity contribution is -0.121. The van der Waals surface area contributed by atoms with Crippen molar-refractivity contribution in [3.63, 3.8) is 0 Å². The second kappa shape index (κ2) is 11.3. The average Bonchev–Trinajstić information content (AvgIpc) is 3.34. The molecule has 1 N–H and O–H groups in total. The Morgan fingerprint density at radius 1 is 1.09 bits per heavy atom. The van der Waals surface area contributed by atoms with E-state index in [1.54, 1.807) is 12.1 Å². The molecule has 1 aliphatic heterocycles. The molecule has 35 heavy (non-hydrogen) atoms. The van der Waals surface area contributed by atoms with Crippen LogP contribution in [0, 0.1) is 0 Å². The van der Waals surface area contributed by atoms with Crippen LogP contribution >= 0.6 is 23.2 Å². The van der Waals surface area contributed by atoms with Crippen LogP contribution in [0.1, 0.15) is 19.8 Å². The molecular weight excluding hydrogens is 537 g/mol. The number of rotatable bonds is 10. The Morgan fingerprint density at radius 3 is 2.31 bits per heavy atom. The van der Waals surface area contributed by atoms with Gasteiger partial charge in [-0.25, -0.2) is 16.8 Å². The number of carbonyl (C=O) groups is 1. The molecule has 3 rings (SSSR count). The first-order valence-electron chi connectivity index (χ1n) is 10.9. The minimum Gasteiger partial charge on any atom is -0.492 e. The number of benzene rings is 2. The maximum atomic E-state index is 12.7. The summed E-state index contributed by atoms with van der Waals surface area (Å²) in [4.78, 5) is 12.9. The third kappa shape index (κ3) is 6.79. The predicted octanol–water partition coefficient (Wildman–Crippen LogP) is 3.13. The standard InChI is InChI=1S/C22H27Cl2N3O6S2/c1-16(27(34(2,29)30)21-15-17(23)5-10-20(21)24)22(28)25-11-14-33-18-6-8-19(9-7-18)35(31,32)26-12-3-4-13-26/h5-10,15-16H,3-4,11-14H2,1-2H3,(H,25,28)/t16-/m0/s1. The molecule has 1 atom stereocenters. The van der Waals surface area contributed by atoms with E-state index in [1.165, 1.54) is 41.6 Å².